The van der Waals surface area contributed by atoms with Gasteiger partial charge in [-0.15, -0.1) is 0 Å². The summed E-state index contributed by atoms with van der Waals surface area (Å²) in [6, 6.07) is 16.2. The zero-order valence-electron chi connectivity index (χ0n) is 16.2. The van der Waals surface area contributed by atoms with Gasteiger partial charge >= 0.3 is 6.03 Å². The lowest BCUT2D eigenvalue weighted by molar-refractivity contribution is 0.139. The largest absolute Gasteiger partial charge is 0.464 e. The highest BCUT2D eigenvalue weighted by Gasteiger charge is 2.36. The van der Waals surface area contributed by atoms with Gasteiger partial charge in [0.2, 0.25) is 0 Å². The van der Waals surface area contributed by atoms with Crippen LogP contribution in [0.2, 0.25) is 0 Å². The number of pyridine rings is 1. The number of urea groups is 1. The first kappa shape index (κ1) is 18.3. The Hall–Kier alpha value is -3.79. The number of benzene rings is 1. The quantitative estimate of drug-likeness (QED) is 0.711. The molecule has 0 spiro atoms. The van der Waals surface area contributed by atoms with Crippen molar-refractivity contribution < 1.29 is 9.21 Å². The third-order valence-electron chi connectivity index (χ3n) is 5.92. The van der Waals surface area contributed by atoms with Gasteiger partial charge in [0.1, 0.15) is 5.76 Å². The van der Waals surface area contributed by atoms with Crippen molar-refractivity contribution in [2.75, 3.05) is 18.4 Å². The normalized spacial score (nSPS) is 19.6. The Morgan fingerprint density at radius 3 is 2.83 bits per heavy atom. The molecule has 1 fully saturated rings. The van der Waals surface area contributed by atoms with Crippen molar-refractivity contribution in [1.82, 2.24) is 9.47 Å². The molecular formula is C23H20N4O3. The van der Waals surface area contributed by atoms with Crippen LogP contribution >= 0.6 is 0 Å². The number of anilines is 1. The number of hydrogen-bond acceptors (Lipinski definition) is 4. The smallest absolute Gasteiger partial charge is 0.321 e. The fourth-order valence-corrected chi connectivity index (χ4v) is 4.60. The number of aromatic nitrogens is 1. The van der Waals surface area contributed by atoms with Gasteiger partial charge in [-0.05, 0) is 54.8 Å². The predicted molar refractivity (Wildman–Crippen MR) is 111 cm³/mol. The number of nitriles is 1. The van der Waals surface area contributed by atoms with Crippen LogP contribution in [0.5, 0.6) is 0 Å². The van der Waals surface area contributed by atoms with Crippen molar-refractivity contribution in [3.8, 4) is 17.4 Å². The number of likely N-dealkylation sites (tertiary alicyclic amines) is 1. The van der Waals surface area contributed by atoms with E-state index in [-0.39, 0.29) is 23.4 Å². The van der Waals surface area contributed by atoms with Crippen LogP contribution in [0.1, 0.15) is 23.6 Å². The lowest BCUT2D eigenvalue weighted by Crippen LogP contribution is -2.50. The molecule has 2 amide bonds. The molecule has 30 heavy (non-hydrogen) atoms. The summed E-state index contributed by atoms with van der Waals surface area (Å²) < 4.78 is 7.26. The van der Waals surface area contributed by atoms with Crippen LogP contribution in [0.25, 0.3) is 11.3 Å². The van der Waals surface area contributed by atoms with Crippen molar-refractivity contribution in [3.63, 3.8) is 0 Å². The molecule has 150 valence electrons. The molecule has 2 aromatic heterocycles. The second-order valence-corrected chi connectivity index (χ2v) is 7.89. The summed E-state index contributed by atoms with van der Waals surface area (Å²) in [6.45, 7) is 1.74. The van der Waals surface area contributed by atoms with Crippen molar-refractivity contribution in [2.45, 2.75) is 18.9 Å². The fraction of sp³-hybridized carbons (Fsp3) is 0.261. The number of piperidine rings is 1. The molecule has 2 atom stereocenters. The van der Waals surface area contributed by atoms with E-state index in [2.05, 4.69) is 11.4 Å². The number of hydrogen-bond donors (Lipinski definition) is 1. The highest BCUT2D eigenvalue weighted by molar-refractivity contribution is 5.89. The number of carbonyl (C=O) groups is 1. The molecule has 7 heteroatoms. The zero-order valence-corrected chi connectivity index (χ0v) is 16.2. The highest BCUT2D eigenvalue weighted by Crippen LogP contribution is 2.36. The Bertz CT molecular complexity index is 1210. The second kappa shape index (κ2) is 7.23. The van der Waals surface area contributed by atoms with E-state index in [0.29, 0.717) is 42.2 Å². The van der Waals surface area contributed by atoms with Gasteiger partial charge in [-0.2, -0.15) is 5.26 Å². The Morgan fingerprint density at radius 1 is 1.13 bits per heavy atom. The molecular weight excluding hydrogens is 380 g/mol. The molecule has 7 nitrogen and oxygen atoms in total. The van der Waals surface area contributed by atoms with Crippen LogP contribution in [0, 0.1) is 17.2 Å². The first-order chi connectivity index (χ1) is 14.6. The summed E-state index contributed by atoms with van der Waals surface area (Å²) >= 11 is 0. The summed E-state index contributed by atoms with van der Waals surface area (Å²) in [4.78, 5) is 27.7. The lowest BCUT2D eigenvalue weighted by atomic mass is 9.83. The average molecular weight is 400 g/mol. The van der Waals surface area contributed by atoms with Crippen LogP contribution in [-0.4, -0.2) is 28.6 Å². The van der Waals surface area contributed by atoms with Crippen LogP contribution < -0.4 is 10.9 Å². The molecule has 1 N–H and O–H groups in total. The molecule has 2 bridgehead atoms. The Kier molecular flexibility index (Phi) is 4.40. The fourth-order valence-electron chi connectivity index (χ4n) is 4.60. The van der Waals surface area contributed by atoms with E-state index in [1.54, 1.807) is 42.7 Å². The van der Waals surface area contributed by atoms with Crippen molar-refractivity contribution in [1.29, 1.82) is 5.26 Å². The molecule has 5 rings (SSSR count). The molecule has 1 aromatic carbocycles. The number of fused-ring (bicyclic) bond motifs is 4. The van der Waals surface area contributed by atoms with E-state index in [9.17, 15) is 9.59 Å². The topological polar surface area (TPSA) is 91.3 Å². The minimum absolute atomic E-state index is 0.0385. The maximum absolute atomic E-state index is 13.0. The molecule has 1 saturated heterocycles. The first-order valence-corrected chi connectivity index (χ1v) is 9.96. The number of nitrogens with one attached hydrogen (secondary N) is 1. The molecule has 2 aliphatic heterocycles. The van der Waals surface area contributed by atoms with Crippen LogP contribution in [0.4, 0.5) is 10.5 Å². The van der Waals surface area contributed by atoms with Gasteiger partial charge in [0.25, 0.3) is 5.56 Å². The van der Waals surface area contributed by atoms with Crippen molar-refractivity contribution >= 4 is 11.7 Å². The molecule has 0 aliphatic carbocycles. The lowest BCUT2D eigenvalue weighted by Gasteiger charge is -2.42. The summed E-state index contributed by atoms with van der Waals surface area (Å²) in [7, 11) is 0. The van der Waals surface area contributed by atoms with Crippen molar-refractivity contribution in [2.24, 2.45) is 5.92 Å². The molecule has 4 heterocycles. The average Bonchev–Trinajstić information content (AvgIpc) is 3.29. The van der Waals surface area contributed by atoms with Crippen molar-refractivity contribution in [3.05, 3.63) is 76.4 Å². The number of amides is 2. The van der Waals surface area contributed by atoms with Crippen LogP contribution in [0.3, 0.4) is 0 Å². The maximum atomic E-state index is 13.0. The van der Waals surface area contributed by atoms with Gasteiger partial charge in [-0.1, -0.05) is 6.07 Å². The van der Waals surface area contributed by atoms with Gasteiger partial charge < -0.3 is 19.2 Å². The van der Waals surface area contributed by atoms with Gasteiger partial charge in [0, 0.05) is 36.9 Å². The monoisotopic (exact) mass is 400 g/mol. The van der Waals surface area contributed by atoms with Gasteiger partial charge in [-0.25, -0.2) is 4.79 Å². The Balaban J connectivity index is 1.38. The van der Waals surface area contributed by atoms with Crippen LogP contribution in [-0.2, 0) is 6.54 Å². The number of rotatable bonds is 2. The molecule has 3 aromatic rings. The number of carbonyl (C=O) groups excluding carboxylic acids is 1. The van der Waals surface area contributed by atoms with Gasteiger partial charge in [0.15, 0.2) is 0 Å². The van der Waals surface area contributed by atoms with E-state index in [4.69, 9.17) is 9.68 Å². The molecule has 2 aliphatic rings. The Morgan fingerprint density at radius 2 is 2.03 bits per heavy atom. The van der Waals surface area contributed by atoms with E-state index >= 15 is 0 Å². The maximum Gasteiger partial charge on any atom is 0.321 e. The van der Waals surface area contributed by atoms with E-state index < -0.39 is 0 Å². The SMILES string of the molecule is N#Cc1cccc(NC(=O)N2C[C@H]3C[C@H](C2)c2ccc(-c4ccco4)c(=O)n2C3)c1. The minimum atomic E-state index is -0.178. The van der Waals surface area contributed by atoms with E-state index in [0.717, 1.165) is 12.1 Å². The summed E-state index contributed by atoms with van der Waals surface area (Å²) in [5.74, 6) is 0.913. The zero-order chi connectivity index (χ0) is 20.7. The minimum Gasteiger partial charge on any atom is -0.464 e. The first-order valence-electron chi connectivity index (χ1n) is 9.96. The second-order valence-electron chi connectivity index (χ2n) is 7.89. The summed E-state index contributed by atoms with van der Waals surface area (Å²) in [5.41, 5.74) is 2.60. The third-order valence-corrected chi connectivity index (χ3v) is 5.92. The standard InChI is InChI=1S/C23H20N4O3/c24-11-15-3-1-4-18(10-15)25-23(29)26-12-16-9-17(14-26)20-7-6-19(21-5-2-8-30-21)22(28)27(20)13-16/h1-8,10,16-17H,9,12-14H2,(H,25,29)/t16-,17-/m1/s1. The van der Waals surface area contributed by atoms with E-state index in [1.165, 1.54) is 0 Å². The molecule has 0 saturated carbocycles. The molecule has 0 radical (unpaired) electrons. The number of furan rings is 1. The summed E-state index contributed by atoms with van der Waals surface area (Å²) in [5, 5.41) is 11.9. The Labute approximate surface area is 173 Å². The predicted octanol–water partition coefficient (Wildman–Crippen LogP) is 3.63. The molecule has 0 unspecified atom stereocenters. The van der Waals surface area contributed by atoms with Gasteiger partial charge in [0.05, 0.1) is 23.5 Å². The van der Waals surface area contributed by atoms with Crippen LogP contribution in [0.15, 0.2) is 64.0 Å². The summed E-state index contributed by atoms with van der Waals surface area (Å²) in [6.07, 6.45) is 2.53. The van der Waals surface area contributed by atoms with Gasteiger partial charge in [-0.3, -0.25) is 4.79 Å². The number of nitrogens with zero attached hydrogens (tertiary/aromatic N) is 3. The highest BCUT2D eigenvalue weighted by atomic mass is 16.3. The third kappa shape index (κ3) is 3.16. The van der Waals surface area contributed by atoms with E-state index in [1.807, 2.05) is 21.6 Å².